The molecule has 0 radical (unpaired) electrons. The van der Waals surface area contributed by atoms with Crippen LogP contribution in [0, 0.1) is 0 Å². The second-order valence-electron chi connectivity index (χ2n) is 8.88. The lowest BCUT2D eigenvalue weighted by Crippen LogP contribution is -2.55. The standard InChI is InChI=1S/C27H31NS/c1-3-9-22(10-4-1)25(23-11-5-2-6-12-23)14-19-28-18-8-7-16-27(28)17-13-24-15-20-29-26(24)21-27/h1-6,9-12,15,20,25H,7-8,13-14,16-19,21H2. The van der Waals surface area contributed by atoms with Gasteiger partial charge in [-0.05, 0) is 73.3 Å². The van der Waals surface area contributed by atoms with Gasteiger partial charge in [-0.25, -0.2) is 0 Å². The third-order valence-electron chi connectivity index (χ3n) is 7.27. The van der Waals surface area contributed by atoms with Crippen LogP contribution in [-0.4, -0.2) is 23.5 Å². The zero-order valence-corrected chi connectivity index (χ0v) is 18.0. The maximum absolute atomic E-state index is 2.89. The van der Waals surface area contributed by atoms with Gasteiger partial charge in [0.15, 0.2) is 0 Å². The van der Waals surface area contributed by atoms with Crippen LogP contribution in [0.2, 0.25) is 0 Å². The van der Waals surface area contributed by atoms with Crippen molar-refractivity contribution in [3.63, 3.8) is 0 Å². The number of rotatable bonds is 5. The van der Waals surface area contributed by atoms with Crippen molar-refractivity contribution in [2.75, 3.05) is 13.1 Å². The van der Waals surface area contributed by atoms with Gasteiger partial charge >= 0.3 is 0 Å². The van der Waals surface area contributed by atoms with Crippen LogP contribution in [0.25, 0.3) is 0 Å². The third kappa shape index (κ3) is 3.93. The summed E-state index contributed by atoms with van der Waals surface area (Å²) in [4.78, 5) is 4.55. The zero-order chi connectivity index (χ0) is 19.5. The number of hydrogen-bond donors (Lipinski definition) is 0. The SMILES string of the molecule is c1ccc(C(CCN2CCCCC23CCc2ccsc2C3)c2ccccc2)cc1. The summed E-state index contributed by atoms with van der Waals surface area (Å²) in [7, 11) is 0. The maximum atomic E-state index is 2.89. The number of piperidine rings is 1. The summed E-state index contributed by atoms with van der Waals surface area (Å²) in [6.07, 6.45) is 9.24. The normalized spacial score (nSPS) is 22.1. The van der Waals surface area contributed by atoms with E-state index in [1.54, 1.807) is 10.4 Å². The molecule has 2 heterocycles. The first kappa shape index (κ1) is 19.1. The van der Waals surface area contributed by atoms with E-state index in [1.807, 2.05) is 11.3 Å². The van der Waals surface area contributed by atoms with E-state index in [0.717, 1.165) is 0 Å². The number of nitrogens with zero attached hydrogens (tertiary/aromatic N) is 1. The van der Waals surface area contributed by atoms with Crippen LogP contribution in [0.15, 0.2) is 72.1 Å². The minimum absolute atomic E-state index is 0.411. The third-order valence-corrected chi connectivity index (χ3v) is 8.23. The smallest absolute Gasteiger partial charge is 0.0261 e. The van der Waals surface area contributed by atoms with Crippen molar-refractivity contribution in [2.45, 2.75) is 56.4 Å². The van der Waals surface area contributed by atoms with Crippen LogP contribution >= 0.6 is 11.3 Å². The number of hydrogen-bond acceptors (Lipinski definition) is 2. The molecule has 1 nitrogen and oxygen atoms in total. The van der Waals surface area contributed by atoms with Crippen LogP contribution in [-0.2, 0) is 12.8 Å². The molecular formula is C27H31NS. The summed E-state index contributed by atoms with van der Waals surface area (Å²) in [5, 5.41) is 2.30. The molecule has 2 heteroatoms. The monoisotopic (exact) mass is 401 g/mol. The van der Waals surface area contributed by atoms with Crippen LogP contribution in [0.5, 0.6) is 0 Å². The molecule has 0 amide bonds. The van der Waals surface area contributed by atoms with Crippen molar-refractivity contribution in [1.82, 2.24) is 4.90 Å². The fourth-order valence-electron chi connectivity index (χ4n) is 5.67. The van der Waals surface area contributed by atoms with Crippen molar-refractivity contribution in [3.05, 3.63) is 93.7 Å². The molecule has 2 aromatic carbocycles. The second-order valence-corrected chi connectivity index (χ2v) is 9.88. The molecule has 1 aliphatic carbocycles. The van der Waals surface area contributed by atoms with Crippen molar-refractivity contribution in [3.8, 4) is 0 Å². The summed E-state index contributed by atoms with van der Waals surface area (Å²) in [5.74, 6) is 0.484. The van der Waals surface area contributed by atoms with Gasteiger partial charge in [-0.15, -0.1) is 11.3 Å². The molecule has 2 aliphatic rings. The molecule has 1 fully saturated rings. The molecule has 3 aromatic rings. The summed E-state index contributed by atoms with van der Waals surface area (Å²) >= 11 is 1.99. The molecule has 1 saturated heterocycles. The topological polar surface area (TPSA) is 3.24 Å². The molecule has 5 rings (SSSR count). The van der Waals surface area contributed by atoms with Gasteiger partial charge in [-0.3, -0.25) is 4.90 Å². The fourth-order valence-corrected chi connectivity index (χ4v) is 6.74. The van der Waals surface area contributed by atoms with E-state index in [0.29, 0.717) is 11.5 Å². The van der Waals surface area contributed by atoms with Crippen LogP contribution < -0.4 is 0 Å². The average Bonchev–Trinajstić information content (AvgIpc) is 3.24. The Kier molecular flexibility index (Phi) is 5.56. The van der Waals surface area contributed by atoms with Crippen LogP contribution in [0.1, 0.15) is 59.6 Å². The van der Waals surface area contributed by atoms with Crippen molar-refractivity contribution >= 4 is 11.3 Å². The Morgan fingerprint density at radius 1 is 0.862 bits per heavy atom. The van der Waals surface area contributed by atoms with Gasteiger partial charge in [0.05, 0.1) is 0 Å². The molecular weight excluding hydrogens is 370 g/mol. The first-order chi connectivity index (χ1) is 14.3. The Morgan fingerprint density at radius 2 is 1.59 bits per heavy atom. The summed E-state index contributed by atoms with van der Waals surface area (Å²) in [6, 6.07) is 24.6. The largest absolute Gasteiger partial charge is 0.297 e. The molecule has 1 aliphatic heterocycles. The Balaban J connectivity index is 1.37. The van der Waals surface area contributed by atoms with Gasteiger partial charge in [0, 0.05) is 22.8 Å². The summed E-state index contributed by atoms with van der Waals surface area (Å²) in [5.41, 5.74) is 4.94. The van der Waals surface area contributed by atoms with Gasteiger partial charge < -0.3 is 0 Å². The quantitative estimate of drug-likeness (QED) is 0.461. The van der Waals surface area contributed by atoms with E-state index in [1.165, 1.54) is 69.2 Å². The van der Waals surface area contributed by atoms with Crippen molar-refractivity contribution < 1.29 is 0 Å². The van der Waals surface area contributed by atoms with Gasteiger partial charge in [0.2, 0.25) is 0 Å². The minimum atomic E-state index is 0.411. The van der Waals surface area contributed by atoms with Crippen molar-refractivity contribution in [2.24, 2.45) is 0 Å². The van der Waals surface area contributed by atoms with E-state index >= 15 is 0 Å². The van der Waals surface area contributed by atoms with E-state index in [-0.39, 0.29) is 0 Å². The van der Waals surface area contributed by atoms with Crippen LogP contribution in [0.4, 0.5) is 0 Å². The minimum Gasteiger partial charge on any atom is -0.297 e. The van der Waals surface area contributed by atoms with Gasteiger partial charge in [-0.2, -0.15) is 0 Å². The lowest BCUT2D eigenvalue weighted by Gasteiger charge is -2.50. The highest BCUT2D eigenvalue weighted by Crippen LogP contribution is 2.42. The molecule has 1 spiro atoms. The maximum Gasteiger partial charge on any atom is 0.0261 e. The molecule has 0 bridgehead atoms. The number of thiophene rings is 1. The number of benzene rings is 2. The number of likely N-dealkylation sites (tertiary alicyclic amines) is 1. The Bertz CT molecular complexity index is 876. The van der Waals surface area contributed by atoms with Gasteiger partial charge in [0.1, 0.15) is 0 Å². The highest BCUT2D eigenvalue weighted by Gasteiger charge is 2.41. The molecule has 1 unspecified atom stereocenters. The van der Waals surface area contributed by atoms with Crippen molar-refractivity contribution in [1.29, 1.82) is 0 Å². The molecule has 0 N–H and O–H groups in total. The fraction of sp³-hybridized carbons (Fsp3) is 0.407. The molecule has 1 aromatic heterocycles. The first-order valence-corrected chi connectivity index (χ1v) is 12.1. The molecule has 29 heavy (non-hydrogen) atoms. The molecule has 0 saturated carbocycles. The zero-order valence-electron chi connectivity index (χ0n) is 17.2. The number of aryl methyl sites for hydroxylation is 1. The van der Waals surface area contributed by atoms with E-state index in [9.17, 15) is 0 Å². The van der Waals surface area contributed by atoms with Crippen LogP contribution in [0.3, 0.4) is 0 Å². The second kappa shape index (κ2) is 8.45. The molecule has 150 valence electrons. The lowest BCUT2D eigenvalue weighted by atomic mass is 9.74. The highest BCUT2D eigenvalue weighted by atomic mass is 32.1. The summed E-state index contributed by atoms with van der Waals surface area (Å²) < 4.78 is 0. The Labute approximate surface area is 179 Å². The van der Waals surface area contributed by atoms with Gasteiger partial charge in [-0.1, -0.05) is 67.1 Å². The highest BCUT2D eigenvalue weighted by molar-refractivity contribution is 7.10. The average molecular weight is 402 g/mol. The predicted octanol–water partition coefficient (Wildman–Crippen LogP) is 6.68. The lowest BCUT2D eigenvalue weighted by molar-refractivity contribution is 0.0330. The van der Waals surface area contributed by atoms with Gasteiger partial charge in [0.25, 0.3) is 0 Å². The van der Waals surface area contributed by atoms with E-state index < -0.39 is 0 Å². The molecule has 1 atom stereocenters. The number of fused-ring (bicyclic) bond motifs is 1. The predicted molar refractivity (Wildman–Crippen MR) is 124 cm³/mol. The Hall–Kier alpha value is -1.90. The Morgan fingerprint density at radius 3 is 2.31 bits per heavy atom. The van der Waals surface area contributed by atoms with E-state index in [4.69, 9.17) is 0 Å². The van der Waals surface area contributed by atoms with E-state index in [2.05, 4.69) is 77.0 Å². The summed E-state index contributed by atoms with van der Waals surface area (Å²) in [6.45, 7) is 2.48. The first-order valence-electron chi connectivity index (χ1n) is 11.2.